The minimum Gasteiger partial charge on any atom is -0.481 e. The molecule has 2 aliphatic rings. The second-order valence-electron chi connectivity index (χ2n) is 9.66. The van der Waals surface area contributed by atoms with Crippen LogP contribution in [0.15, 0.2) is 12.1 Å². The molecule has 1 aromatic rings. The van der Waals surface area contributed by atoms with Gasteiger partial charge in [0, 0.05) is 0 Å². The fraction of sp³-hybridized carbons (Fsp3) is 0.680. The van der Waals surface area contributed by atoms with E-state index in [0.29, 0.717) is 0 Å². The summed E-state index contributed by atoms with van der Waals surface area (Å²) in [6.45, 7) is 4.34. The van der Waals surface area contributed by atoms with Crippen LogP contribution in [-0.4, -0.2) is 22.2 Å². The summed E-state index contributed by atoms with van der Waals surface area (Å²) in [5.41, 5.74) is 4.73. The molecular formula is C25H36O4. The molecule has 0 aliphatic heterocycles. The zero-order chi connectivity index (χ0) is 21.1. The molecule has 0 saturated heterocycles. The first-order chi connectivity index (χ1) is 13.8. The van der Waals surface area contributed by atoms with Gasteiger partial charge in [-0.25, -0.2) is 0 Å². The predicted molar refractivity (Wildman–Crippen MR) is 114 cm³/mol. The molecule has 0 aromatic heterocycles. The Morgan fingerprint density at radius 1 is 0.793 bits per heavy atom. The van der Waals surface area contributed by atoms with Crippen LogP contribution in [0.25, 0.3) is 0 Å². The van der Waals surface area contributed by atoms with Crippen LogP contribution < -0.4 is 0 Å². The van der Waals surface area contributed by atoms with Gasteiger partial charge in [-0.1, -0.05) is 37.0 Å². The maximum Gasteiger partial charge on any atom is 0.309 e. The summed E-state index contributed by atoms with van der Waals surface area (Å²) in [5.74, 6) is -1.22. The average Bonchev–Trinajstić information content (AvgIpc) is 3.55. The highest BCUT2D eigenvalue weighted by Crippen LogP contribution is 2.50. The molecule has 2 saturated carbocycles. The molecule has 2 aliphatic carbocycles. The van der Waals surface area contributed by atoms with Gasteiger partial charge in [-0.2, -0.15) is 0 Å². The van der Waals surface area contributed by atoms with Crippen LogP contribution in [-0.2, 0) is 22.4 Å². The molecule has 2 N–H and O–H groups in total. The summed E-state index contributed by atoms with van der Waals surface area (Å²) in [5, 5.41) is 18.6. The normalized spacial score (nSPS) is 18.4. The van der Waals surface area contributed by atoms with Gasteiger partial charge in [-0.05, 0) is 94.7 Å². The van der Waals surface area contributed by atoms with E-state index in [9.17, 15) is 19.8 Å². The van der Waals surface area contributed by atoms with E-state index in [1.807, 2.05) is 0 Å². The van der Waals surface area contributed by atoms with Crippen LogP contribution >= 0.6 is 0 Å². The van der Waals surface area contributed by atoms with Crippen LogP contribution in [0, 0.1) is 24.7 Å². The first-order valence-corrected chi connectivity index (χ1v) is 11.3. The van der Waals surface area contributed by atoms with E-state index in [4.69, 9.17) is 0 Å². The van der Waals surface area contributed by atoms with Crippen LogP contribution in [0.1, 0.15) is 92.9 Å². The van der Waals surface area contributed by atoms with Gasteiger partial charge in [0.15, 0.2) is 0 Å². The highest BCUT2D eigenvalue weighted by molar-refractivity contribution is 5.78. The van der Waals surface area contributed by atoms with E-state index in [0.717, 1.165) is 83.5 Å². The minimum absolute atomic E-state index is 0.389. The fourth-order valence-corrected chi connectivity index (χ4v) is 4.83. The number of aliphatic carboxylic acids is 2. The van der Waals surface area contributed by atoms with Crippen molar-refractivity contribution in [2.45, 2.75) is 97.3 Å². The maximum absolute atomic E-state index is 11.3. The topological polar surface area (TPSA) is 74.6 Å². The Balaban J connectivity index is 1.46. The lowest BCUT2D eigenvalue weighted by Crippen LogP contribution is -2.14. The van der Waals surface area contributed by atoms with Crippen molar-refractivity contribution in [2.75, 3.05) is 0 Å². The molecule has 0 spiro atoms. The summed E-state index contributed by atoms with van der Waals surface area (Å²) in [7, 11) is 0. The zero-order valence-electron chi connectivity index (χ0n) is 18.1. The third-order valence-corrected chi connectivity index (χ3v) is 7.26. The van der Waals surface area contributed by atoms with Crippen molar-refractivity contribution >= 4 is 11.9 Å². The molecular weight excluding hydrogens is 364 g/mol. The second-order valence-corrected chi connectivity index (χ2v) is 9.66. The summed E-state index contributed by atoms with van der Waals surface area (Å²) in [6.07, 6.45) is 12.3. The molecule has 0 atom stereocenters. The quantitative estimate of drug-likeness (QED) is 0.407. The fourth-order valence-electron chi connectivity index (χ4n) is 4.83. The Kier molecular flexibility index (Phi) is 6.70. The lowest BCUT2D eigenvalue weighted by molar-refractivity contribution is -0.144. The molecule has 160 valence electrons. The Labute approximate surface area is 174 Å². The van der Waals surface area contributed by atoms with Gasteiger partial charge in [0.1, 0.15) is 0 Å². The predicted octanol–water partition coefficient (Wildman–Crippen LogP) is 5.85. The van der Waals surface area contributed by atoms with Crippen molar-refractivity contribution < 1.29 is 19.8 Å². The van der Waals surface area contributed by atoms with E-state index in [1.165, 1.54) is 22.3 Å². The van der Waals surface area contributed by atoms with Gasteiger partial charge in [0.05, 0.1) is 10.8 Å². The van der Waals surface area contributed by atoms with Crippen LogP contribution in [0.3, 0.4) is 0 Å². The second kappa shape index (κ2) is 8.89. The molecule has 0 unspecified atom stereocenters. The van der Waals surface area contributed by atoms with Gasteiger partial charge in [0.2, 0.25) is 0 Å². The van der Waals surface area contributed by atoms with E-state index in [2.05, 4.69) is 26.0 Å². The van der Waals surface area contributed by atoms with Gasteiger partial charge in [0.25, 0.3) is 0 Å². The Morgan fingerprint density at radius 2 is 1.31 bits per heavy atom. The number of carboxylic acids is 2. The summed E-state index contributed by atoms with van der Waals surface area (Å²) < 4.78 is 0. The number of carbonyl (C=O) groups is 2. The van der Waals surface area contributed by atoms with Crippen molar-refractivity contribution in [1.29, 1.82) is 0 Å². The zero-order valence-corrected chi connectivity index (χ0v) is 18.1. The summed E-state index contributed by atoms with van der Waals surface area (Å²) >= 11 is 0. The Bertz CT molecular complexity index is 756. The summed E-state index contributed by atoms with van der Waals surface area (Å²) in [6, 6.07) is 4.56. The van der Waals surface area contributed by atoms with Crippen LogP contribution in [0.4, 0.5) is 0 Å². The molecule has 4 heteroatoms. The molecule has 0 radical (unpaired) electrons. The van der Waals surface area contributed by atoms with Crippen molar-refractivity contribution in [2.24, 2.45) is 10.8 Å². The van der Waals surface area contributed by atoms with Crippen molar-refractivity contribution in [1.82, 2.24) is 0 Å². The molecule has 1 aromatic carbocycles. The molecule has 0 heterocycles. The van der Waals surface area contributed by atoms with E-state index in [-0.39, 0.29) is 5.41 Å². The number of aryl methyl sites for hydroxylation is 3. The van der Waals surface area contributed by atoms with Crippen LogP contribution in [0.5, 0.6) is 0 Å². The van der Waals surface area contributed by atoms with E-state index in [1.54, 1.807) is 0 Å². The lowest BCUT2D eigenvalue weighted by atomic mass is 9.90. The highest BCUT2D eigenvalue weighted by Gasteiger charge is 2.49. The number of carboxylic acid groups (broad SMARTS) is 2. The van der Waals surface area contributed by atoms with Crippen LogP contribution in [0.2, 0.25) is 0 Å². The molecule has 29 heavy (non-hydrogen) atoms. The maximum atomic E-state index is 11.3. The summed E-state index contributed by atoms with van der Waals surface area (Å²) in [4.78, 5) is 22.6. The van der Waals surface area contributed by atoms with Gasteiger partial charge >= 0.3 is 11.9 Å². The monoisotopic (exact) mass is 400 g/mol. The first-order valence-electron chi connectivity index (χ1n) is 11.3. The smallest absolute Gasteiger partial charge is 0.309 e. The standard InChI is InChI=1S/C25H36O4/c1-18-16-19(2)21(9-5-7-11-25(14-15-25)23(28)29)20(17-18)8-4-3-6-10-24(12-13-24)22(26)27/h16-17H,3-15H2,1-2H3,(H,26,27)(H,28,29). The number of hydrogen-bond acceptors (Lipinski definition) is 2. The molecule has 4 nitrogen and oxygen atoms in total. The molecule has 2 fully saturated rings. The van der Waals surface area contributed by atoms with Crippen molar-refractivity contribution in [3.8, 4) is 0 Å². The average molecular weight is 401 g/mol. The van der Waals surface area contributed by atoms with Crippen molar-refractivity contribution in [3.05, 3.63) is 34.4 Å². The number of rotatable bonds is 13. The highest BCUT2D eigenvalue weighted by atomic mass is 16.4. The Hall–Kier alpha value is -1.84. The third kappa shape index (κ3) is 5.40. The molecule has 0 bridgehead atoms. The SMILES string of the molecule is Cc1cc(C)c(CCCCC2(C(=O)O)CC2)c(CCCCCC2(C(=O)O)CC2)c1. The third-order valence-electron chi connectivity index (χ3n) is 7.26. The minimum atomic E-state index is -0.611. The van der Waals surface area contributed by atoms with E-state index < -0.39 is 17.4 Å². The molecule has 3 rings (SSSR count). The number of unbranched alkanes of at least 4 members (excludes halogenated alkanes) is 3. The largest absolute Gasteiger partial charge is 0.481 e. The number of hydrogen-bond donors (Lipinski definition) is 2. The van der Waals surface area contributed by atoms with Crippen molar-refractivity contribution in [3.63, 3.8) is 0 Å². The van der Waals surface area contributed by atoms with Gasteiger partial charge in [-0.15, -0.1) is 0 Å². The van der Waals surface area contributed by atoms with Gasteiger partial charge < -0.3 is 10.2 Å². The lowest BCUT2D eigenvalue weighted by Gasteiger charge is -2.16. The van der Waals surface area contributed by atoms with Gasteiger partial charge in [-0.3, -0.25) is 9.59 Å². The first kappa shape index (κ1) is 21.9. The Morgan fingerprint density at radius 3 is 1.83 bits per heavy atom. The number of benzene rings is 1. The van der Waals surface area contributed by atoms with E-state index >= 15 is 0 Å². The molecule has 0 amide bonds.